The van der Waals surface area contributed by atoms with E-state index in [0.717, 1.165) is 0 Å². The number of carbonyl (C=O) groups is 2. The van der Waals surface area contributed by atoms with Crippen LogP contribution in [0.5, 0.6) is 0 Å². The molecule has 0 fully saturated rings. The second kappa shape index (κ2) is 7.23. The van der Waals surface area contributed by atoms with Gasteiger partial charge in [-0.25, -0.2) is 13.6 Å². The summed E-state index contributed by atoms with van der Waals surface area (Å²) in [5.74, 6) is -4.76. The molecule has 0 aliphatic carbocycles. The minimum absolute atomic E-state index is 0.332. The highest BCUT2D eigenvalue weighted by atomic mass is 32.2. The van der Waals surface area contributed by atoms with Crippen molar-refractivity contribution in [2.24, 2.45) is 0 Å². The molecule has 0 saturated carbocycles. The van der Waals surface area contributed by atoms with Gasteiger partial charge in [0.2, 0.25) is 0 Å². The SMILES string of the molecule is CSC(C)CCNC(=O)c1cc(F)c(F)cc1C(=O)O. The van der Waals surface area contributed by atoms with E-state index in [1.807, 2.05) is 13.2 Å². The van der Waals surface area contributed by atoms with Crippen LogP contribution < -0.4 is 5.32 Å². The maximum atomic E-state index is 13.1. The van der Waals surface area contributed by atoms with E-state index in [2.05, 4.69) is 5.32 Å². The molecule has 1 aromatic rings. The molecule has 0 saturated heterocycles. The average Bonchev–Trinajstić information content (AvgIpc) is 2.40. The number of carbonyl (C=O) groups excluding carboxylic acids is 1. The van der Waals surface area contributed by atoms with Crippen molar-refractivity contribution in [2.75, 3.05) is 12.8 Å². The van der Waals surface area contributed by atoms with Crippen molar-refractivity contribution in [1.29, 1.82) is 0 Å². The normalized spacial score (nSPS) is 12.0. The highest BCUT2D eigenvalue weighted by Crippen LogP contribution is 2.15. The Balaban J connectivity index is 2.86. The summed E-state index contributed by atoms with van der Waals surface area (Å²) in [6.07, 6.45) is 2.63. The molecule has 1 amide bonds. The maximum Gasteiger partial charge on any atom is 0.336 e. The Morgan fingerprint density at radius 1 is 1.30 bits per heavy atom. The monoisotopic (exact) mass is 303 g/mol. The Labute approximate surface area is 119 Å². The molecule has 4 nitrogen and oxygen atoms in total. The van der Waals surface area contributed by atoms with Gasteiger partial charge in [0.05, 0.1) is 11.1 Å². The van der Waals surface area contributed by atoms with E-state index < -0.39 is 29.1 Å². The van der Waals surface area contributed by atoms with Gasteiger partial charge >= 0.3 is 5.97 Å². The van der Waals surface area contributed by atoms with Crippen LogP contribution in [-0.4, -0.2) is 35.0 Å². The van der Waals surface area contributed by atoms with Crippen molar-refractivity contribution in [3.63, 3.8) is 0 Å². The molecule has 0 aliphatic heterocycles. The predicted octanol–water partition coefficient (Wildman–Crippen LogP) is 2.53. The molecule has 2 N–H and O–H groups in total. The summed E-state index contributed by atoms with van der Waals surface area (Å²) in [4.78, 5) is 22.8. The lowest BCUT2D eigenvalue weighted by Crippen LogP contribution is -2.28. The van der Waals surface area contributed by atoms with Crippen LogP contribution in [0.2, 0.25) is 0 Å². The number of aromatic carboxylic acids is 1. The van der Waals surface area contributed by atoms with Crippen LogP contribution in [0, 0.1) is 11.6 Å². The Morgan fingerprint density at radius 3 is 2.35 bits per heavy atom. The molecule has 0 heterocycles. The lowest BCUT2D eigenvalue weighted by molar-refractivity contribution is 0.0690. The lowest BCUT2D eigenvalue weighted by Gasteiger charge is -2.11. The van der Waals surface area contributed by atoms with E-state index in [-0.39, 0.29) is 5.56 Å². The molecule has 0 spiro atoms. The molecule has 0 aliphatic rings. The number of halogens is 2. The largest absolute Gasteiger partial charge is 0.478 e. The van der Waals surface area contributed by atoms with Crippen LogP contribution in [0.25, 0.3) is 0 Å². The maximum absolute atomic E-state index is 13.1. The first-order valence-corrected chi connectivity index (χ1v) is 7.19. The first-order chi connectivity index (χ1) is 9.36. The third-order valence-corrected chi connectivity index (χ3v) is 3.81. The number of rotatable bonds is 6. The van der Waals surface area contributed by atoms with Crippen molar-refractivity contribution in [1.82, 2.24) is 5.32 Å². The molecule has 20 heavy (non-hydrogen) atoms. The Hall–Kier alpha value is -1.63. The predicted molar refractivity (Wildman–Crippen MR) is 73.2 cm³/mol. The first-order valence-electron chi connectivity index (χ1n) is 5.90. The van der Waals surface area contributed by atoms with Crippen LogP contribution in [0.4, 0.5) is 8.78 Å². The molecular weight excluding hydrogens is 288 g/mol. The number of benzene rings is 1. The minimum Gasteiger partial charge on any atom is -0.478 e. The highest BCUT2D eigenvalue weighted by Gasteiger charge is 2.20. The van der Waals surface area contributed by atoms with Gasteiger partial charge in [0, 0.05) is 11.8 Å². The van der Waals surface area contributed by atoms with Gasteiger partial charge in [-0.3, -0.25) is 4.79 Å². The minimum atomic E-state index is -1.48. The summed E-state index contributed by atoms with van der Waals surface area (Å²) in [7, 11) is 0. The first kappa shape index (κ1) is 16.4. The topological polar surface area (TPSA) is 66.4 Å². The zero-order valence-corrected chi connectivity index (χ0v) is 11.9. The van der Waals surface area contributed by atoms with E-state index in [9.17, 15) is 18.4 Å². The molecule has 1 rings (SSSR count). The van der Waals surface area contributed by atoms with Gasteiger partial charge in [-0.2, -0.15) is 11.8 Å². The number of nitrogens with one attached hydrogen (secondary N) is 1. The van der Waals surface area contributed by atoms with Gasteiger partial charge in [0.1, 0.15) is 0 Å². The smallest absolute Gasteiger partial charge is 0.336 e. The van der Waals surface area contributed by atoms with Gasteiger partial charge in [0.15, 0.2) is 11.6 Å². The Kier molecular flexibility index (Phi) is 5.94. The van der Waals surface area contributed by atoms with Crippen LogP contribution in [0.1, 0.15) is 34.1 Å². The van der Waals surface area contributed by atoms with Crippen LogP contribution in [0.3, 0.4) is 0 Å². The summed E-state index contributed by atoms with van der Waals surface area (Å²) in [5, 5.41) is 11.7. The molecule has 0 bridgehead atoms. The molecule has 7 heteroatoms. The van der Waals surface area contributed by atoms with Gasteiger partial charge < -0.3 is 10.4 Å². The van der Waals surface area contributed by atoms with Crippen LogP contribution in [0.15, 0.2) is 12.1 Å². The number of carboxylic acid groups (broad SMARTS) is 1. The van der Waals surface area contributed by atoms with Crippen molar-refractivity contribution in [2.45, 2.75) is 18.6 Å². The number of hydrogen-bond donors (Lipinski definition) is 2. The van der Waals surface area contributed by atoms with Crippen molar-refractivity contribution < 1.29 is 23.5 Å². The zero-order chi connectivity index (χ0) is 15.3. The average molecular weight is 303 g/mol. The Morgan fingerprint density at radius 2 is 1.85 bits per heavy atom. The summed E-state index contributed by atoms with van der Waals surface area (Å²) >= 11 is 1.63. The second-order valence-corrected chi connectivity index (χ2v) is 5.48. The standard InChI is InChI=1S/C13H15F2NO3S/c1-7(20-2)3-4-16-12(17)8-5-10(14)11(15)6-9(8)13(18)19/h5-7H,3-4H2,1-2H3,(H,16,17)(H,18,19). The van der Waals surface area contributed by atoms with Gasteiger partial charge in [0.25, 0.3) is 5.91 Å². The molecule has 110 valence electrons. The third kappa shape index (κ3) is 4.19. The number of hydrogen-bond acceptors (Lipinski definition) is 3. The summed E-state index contributed by atoms with van der Waals surface area (Å²) < 4.78 is 26.2. The van der Waals surface area contributed by atoms with E-state index in [0.29, 0.717) is 30.3 Å². The summed E-state index contributed by atoms with van der Waals surface area (Å²) in [6, 6.07) is 1.11. The van der Waals surface area contributed by atoms with E-state index in [1.54, 1.807) is 11.8 Å². The van der Waals surface area contributed by atoms with E-state index in [4.69, 9.17) is 5.11 Å². The molecule has 0 radical (unpaired) electrons. The van der Waals surface area contributed by atoms with E-state index in [1.165, 1.54) is 0 Å². The quantitative estimate of drug-likeness (QED) is 0.847. The van der Waals surface area contributed by atoms with Crippen molar-refractivity contribution in [3.05, 3.63) is 34.9 Å². The van der Waals surface area contributed by atoms with Crippen molar-refractivity contribution in [3.8, 4) is 0 Å². The van der Waals surface area contributed by atoms with Gasteiger partial charge in [-0.15, -0.1) is 0 Å². The fourth-order valence-corrected chi connectivity index (χ4v) is 1.87. The number of carboxylic acids is 1. The third-order valence-electron chi connectivity index (χ3n) is 2.77. The van der Waals surface area contributed by atoms with Crippen LogP contribution in [-0.2, 0) is 0 Å². The van der Waals surface area contributed by atoms with Gasteiger partial charge in [-0.05, 0) is 24.8 Å². The number of amides is 1. The molecule has 1 unspecified atom stereocenters. The molecule has 1 aromatic carbocycles. The zero-order valence-electron chi connectivity index (χ0n) is 11.1. The van der Waals surface area contributed by atoms with Gasteiger partial charge in [-0.1, -0.05) is 6.92 Å². The molecule has 0 aromatic heterocycles. The summed E-state index contributed by atoms with van der Waals surface area (Å²) in [5.41, 5.74) is -0.937. The van der Waals surface area contributed by atoms with Crippen molar-refractivity contribution >= 4 is 23.6 Å². The fraction of sp³-hybridized carbons (Fsp3) is 0.385. The lowest BCUT2D eigenvalue weighted by atomic mass is 10.1. The Bertz CT molecular complexity index is 523. The number of thioether (sulfide) groups is 1. The molecular formula is C13H15F2NO3S. The molecule has 1 atom stereocenters. The van der Waals surface area contributed by atoms with Crippen LogP contribution >= 0.6 is 11.8 Å². The summed E-state index contributed by atoms with van der Waals surface area (Å²) in [6.45, 7) is 2.32. The van der Waals surface area contributed by atoms with E-state index >= 15 is 0 Å². The fourth-order valence-electron chi connectivity index (χ4n) is 1.51. The second-order valence-electron chi connectivity index (χ2n) is 4.21. The highest BCUT2D eigenvalue weighted by molar-refractivity contribution is 7.99.